The minimum absolute atomic E-state index is 0.407. The van der Waals surface area contributed by atoms with Crippen LogP contribution in [0.5, 0.6) is 0 Å². The molecule has 0 fully saturated rings. The van der Waals surface area contributed by atoms with Crippen LogP contribution in [0.1, 0.15) is 0 Å². The van der Waals surface area contributed by atoms with Gasteiger partial charge in [0.1, 0.15) is 15.5 Å². The Kier molecular flexibility index (Phi) is 6.18. The number of aromatic nitrogens is 2. The van der Waals surface area contributed by atoms with Crippen LogP contribution in [0.15, 0.2) is 63.7 Å². The second-order valence-electron chi connectivity index (χ2n) is 5.04. The summed E-state index contributed by atoms with van der Waals surface area (Å²) in [6, 6.07) is 15.4. The van der Waals surface area contributed by atoms with Crippen LogP contribution in [0.3, 0.4) is 0 Å². The van der Waals surface area contributed by atoms with E-state index in [1.807, 2.05) is 42.5 Å². The van der Waals surface area contributed by atoms with Gasteiger partial charge in [0, 0.05) is 36.7 Å². The van der Waals surface area contributed by atoms with Gasteiger partial charge in [0.2, 0.25) is 0 Å². The molecule has 126 valence electrons. The van der Waals surface area contributed by atoms with Crippen molar-refractivity contribution in [3.05, 3.63) is 79.1 Å². The van der Waals surface area contributed by atoms with Gasteiger partial charge in [-0.25, -0.2) is 9.97 Å². The molecule has 0 spiro atoms. The predicted molar refractivity (Wildman–Crippen MR) is 114 cm³/mol. The molecule has 2 aromatic carbocycles. The molecule has 2 nitrogen and oxygen atoms in total. The third kappa shape index (κ3) is 4.44. The van der Waals surface area contributed by atoms with Crippen LogP contribution in [-0.4, -0.2) is 9.97 Å². The van der Waals surface area contributed by atoms with Crippen LogP contribution >= 0.6 is 66.7 Å². The lowest BCUT2D eigenvalue weighted by atomic mass is 10.2. The number of hydrogen-bond donors (Lipinski definition) is 0. The van der Waals surface area contributed by atoms with Gasteiger partial charge in [0.25, 0.3) is 0 Å². The molecule has 0 aliphatic carbocycles. The SMILES string of the molecule is Clc1cc2c(Br)cccc2c(Cl)n1.Clc1cc2c(Br)cccc2cn1. The predicted octanol–water partition coefficient (Wildman–Crippen LogP) is 7.95. The summed E-state index contributed by atoms with van der Waals surface area (Å²) in [4.78, 5) is 7.95. The van der Waals surface area contributed by atoms with E-state index in [0.717, 1.165) is 30.5 Å². The van der Waals surface area contributed by atoms with Gasteiger partial charge in [-0.2, -0.15) is 0 Å². The van der Waals surface area contributed by atoms with Crippen molar-refractivity contribution in [1.29, 1.82) is 0 Å². The molecule has 4 rings (SSSR count). The molecule has 2 aromatic heterocycles. The molecule has 25 heavy (non-hydrogen) atoms. The summed E-state index contributed by atoms with van der Waals surface area (Å²) in [5.41, 5.74) is 0. The van der Waals surface area contributed by atoms with E-state index in [1.165, 1.54) is 0 Å². The summed E-state index contributed by atoms with van der Waals surface area (Å²) in [5, 5.41) is 5.43. The Morgan fingerprint density at radius 2 is 1.36 bits per heavy atom. The molecule has 0 saturated carbocycles. The quantitative estimate of drug-likeness (QED) is 0.220. The van der Waals surface area contributed by atoms with Crippen molar-refractivity contribution in [3.63, 3.8) is 0 Å². The molecular weight excluding hydrogens is 510 g/mol. The number of hydrogen-bond acceptors (Lipinski definition) is 2. The van der Waals surface area contributed by atoms with Crippen molar-refractivity contribution >= 4 is 88.2 Å². The monoisotopic (exact) mass is 516 g/mol. The van der Waals surface area contributed by atoms with Crippen molar-refractivity contribution in [2.75, 3.05) is 0 Å². The highest BCUT2D eigenvalue weighted by atomic mass is 79.9. The maximum absolute atomic E-state index is 5.92. The molecule has 2 heterocycles. The number of halogens is 5. The molecular formula is C18H9Br2Cl3N2. The van der Waals surface area contributed by atoms with Crippen molar-refractivity contribution in [2.45, 2.75) is 0 Å². The molecule has 0 aliphatic heterocycles. The molecule has 0 aliphatic rings. The molecule has 7 heteroatoms. The maximum atomic E-state index is 5.92. The normalized spacial score (nSPS) is 10.6. The lowest BCUT2D eigenvalue weighted by Crippen LogP contribution is -1.81. The summed E-state index contributed by atoms with van der Waals surface area (Å²) in [5.74, 6) is 0. The Balaban J connectivity index is 0.000000146. The van der Waals surface area contributed by atoms with E-state index in [0.29, 0.717) is 15.5 Å². The minimum atomic E-state index is 0.407. The average Bonchev–Trinajstić information content (AvgIpc) is 2.57. The Bertz CT molecular complexity index is 1070. The van der Waals surface area contributed by atoms with Gasteiger partial charge in [-0.1, -0.05) is 90.9 Å². The number of nitrogens with zero attached hydrogens (tertiary/aromatic N) is 2. The summed E-state index contributed by atoms with van der Waals surface area (Å²) in [6.07, 6.45) is 1.77. The largest absolute Gasteiger partial charge is 0.244 e. The Hall–Kier alpha value is -0.910. The van der Waals surface area contributed by atoms with E-state index >= 15 is 0 Å². The Morgan fingerprint density at radius 1 is 0.720 bits per heavy atom. The first-order valence-electron chi connectivity index (χ1n) is 7.06. The molecule has 0 saturated heterocycles. The summed E-state index contributed by atoms with van der Waals surface area (Å²) >= 11 is 24.3. The fraction of sp³-hybridized carbons (Fsp3) is 0. The summed E-state index contributed by atoms with van der Waals surface area (Å²) in [7, 11) is 0. The second-order valence-corrected chi connectivity index (χ2v) is 7.88. The molecule has 0 radical (unpaired) electrons. The van der Waals surface area contributed by atoms with Crippen molar-refractivity contribution in [1.82, 2.24) is 9.97 Å². The van der Waals surface area contributed by atoms with Crippen molar-refractivity contribution < 1.29 is 0 Å². The summed E-state index contributed by atoms with van der Waals surface area (Å²) < 4.78 is 2.01. The van der Waals surface area contributed by atoms with E-state index in [4.69, 9.17) is 34.8 Å². The molecule has 4 aromatic rings. The number of fused-ring (bicyclic) bond motifs is 2. The van der Waals surface area contributed by atoms with E-state index in [2.05, 4.69) is 41.8 Å². The fourth-order valence-electron chi connectivity index (χ4n) is 2.28. The molecule has 0 N–H and O–H groups in total. The third-order valence-corrected chi connectivity index (χ3v) is 5.49. The van der Waals surface area contributed by atoms with Crippen LogP contribution < -0.4 is 0 Å². The van der Waals surface area contributed by atoms with E-state index in [-0.39, 0.29) is 0 Å². The van der Waals surface area contributed by atoms with Gasteiger partial charge in [0.15, 0.2) is 0 Å². The van der Waals surface area contributed by atoms with Crippen LogP contribution in [0.2, 0.25) is 15.5 Å². The lowest BCUT2D eigenvalue weighted by Gasteiger charge is -2.02. The lowest BCUT2D eigenvalue weighted by molar-refractivity contribution is 1.36. The van der Waals surface area contributed by atoms with Gasteiger partial charge < -0.3 is 0 Å². The third-order valence-electron chi connectivity index (χ3n) is 3.42. The number of benzene rings is 2. The van der Waals surface area contributed by atoms with Gasteiger partial charge in [0.05, 0.1) is 0 Å². The first kappa shape index (κ1) is 18.9. The molecule has 0 atom stereocenters. The van der Waals surface area contributed by atoms with E-state index in [9.17, 15) is 0 Å². The molecule has 0 amide bonds. The number of rotatable bonds is 0. The summed E-state index contributed by atoms with van der Waals surface area (Å²) in [6.45, 7) is 0. The van der Waals surface area contributed by atoms with Crippen molar-refractivity contribution in [2.24, 2.45) is 0 Å². The topological polar surface area (TPSA) is 25.8 Å². The maximum Gasteiger partial charge on any atom is 0.138 e. The zero-order valence-electron chi connectivity index (χ0n) is 12.5. The Morgan fingerprint density at radius 3 is 2.12 bits per heavy atom. The standard InChI is InChI=1S/C9H4BrCl2N.C9H5BrClN/c10-7-3-1-2-5-6(7)4-8(11)13-9(5)12;10-8-3-1-2-6-5-12-9(11)4-7(6)8/h1-4H;1-5H. The van der Waals surface area contributed by atoms with Crippen LogP contribution in [0.25, 0.3) is 21.5 Å². The van der Waals surface area contributed by atoms with E-state index < -0.39 is 0 Å². The first-order chi connectivity index (χ1) is 12.0. The minimum Gasteiger partial charge on any atom is -0.244 e. The van der Waals surface area contributed by atoms with Gasteiger partial charge in [-0.05, 0) is 24.3 Å². The highest BCUT2D eigenvalue weighted by molar-refractivity contribution is 9.11. The van der Waals surface area contributed by atoms with Gasteiger partial charge >= 0.3 is 0 Å². The van der Waals surface area contributed by atoms with Crippen molar-refractivity contribution in [3.8, 4) is 0 Å². The number of pyridine rings is 2. The highest BCUT2D eigenvalue weighted by Gasteiger charge is 2.04. The second kappa shape index (κ2) is 8.19. The zero-order valence-corrected chi connectivity index (χ0v) is 17.9. The van der Waals surface area contributed by atoms with E-state index in [1.54, 1.807) is 12.3 Å². The van der Waals surface area contributed by atoms with Gasteiger partial charge in [-0.15, -0.1) is 0 Å². The zero-order chi connectivity index (χ0) is 18.0. The Labute approximate surface area is 176 Å². The van der Waals surface area contributed by atoms with Crippen LogP contribution in [0.4, 0.5) is 0 Å². The highest BCUT2D eigenvalue weighted by Crippen LogP contribution is 2.30. The van der Waals surface area contributed by atoms with Crippen LogP contribution in [0, 0.1) is 0 Å². The molecule has 0 bridgehead atoms. The van der Waals surface area contributed by atoms with Gasteiger partial charge in [-0.3, -0.25) is 0 Å². The van der Waals surface area contributed by atoms with Crippen LogP contribution in [-0.2, 0) is 0 Å². The molecule has 0 unspecified atom stereocenters. The average molecular weight is 519 g/mol. The fourth-order valence-corrected chi connectivity index (χ4v) is 3.90. The first-order valence-corrected chi connectivity index (χ1v) is 9.78. The smallest absolute Gasteiger partial charge is 0.138 e.